The first-order valence-corrected chi connectivity index (χ1v) is 9.81. The second kappa shape index (κ2) is 6.20. The summed E-state index contributed by atoms with van der Waals surface area (Å²) in [5, 5.41) is 6.71. The molecule has 7 heteroatoms. The van der Waals surface area contributed by atoms with Crippen molar-refractivity contribution in [2.45, 2.75) is 19.1 Å². The highest BCUT2D eigenvalue weighted by Crippen LogP contribution is 2.31. The van der Waals surface area contributed by atoms with Crippen LogP contribution in [0.4, 0.5) is 5.69 Å². The first-order chi connectivity index (χ1) is 14.3. The van der Waals surface area contributed by atoms with Crippen molar-refractivity contribution in [3.63, 3.8) is 0 Å². The average Bonchev–Trinajstić information content (AvgIpc) is 3.38. The van der Waals surface area contributed by atoms with E-state index >= 15 is 0 Å². The summed E-state index contributed by atoms with van der Waals surface area (Å²) in [6.07, 6.45) is -0.217. The molecule has 142 valence electrons. The highest BCUT2D eigenvalue weighted by Gasteiger charge is 2.44. The van der Waals surface area contributed by atoms with Crippen LogP contribution in [-0.4, -0.2) is 59.1 Å². The largest absolute Gasteiger partial charge is 0.307 e. The molecule has 0 aliphatic carbocycles. The Bertz CT molecular complexity index is 1130. The van der Waals surface area contributed by atoms with Gasteiger partial charge < -0.3 is 4.90 Å². The molecule has 2 aromatic rings. The van der Waals surface area contributed by atoms with Gasteiger partial charge in [0.2, 0.25) is 0 Å². The Labute approximate surface area is 168 Å². The number of aliphatic imine (C=N–C) groups is 4. The topological polar surface area (TPSA) is 68.3 Å². The third kappa shape index (κ3) is 2.47. The van der Waals surface area contributed by atoms with E-state index in [1.54, 1.807) is 0 Å². The van der Waals surface area contributed by atoms with E-state index in [1.807, 2.05) is 60.5 Å². The number of benzene rings is 2. The van der Waals surface area contributed by atoms with Crippen molar-refractivity contribution in [1.29, 1.82) is 0 Å². The van der Waals surface area contributed by atoms with Gasteiger partial charge in [0.1, 0.15) is 17.6 Å². The molecule has 0 radical (unpaired) electrons. The van der Waals surface area contributed by atoms with Crippen LogP contribution in [0.25, 0.3) is 0 Å². The van der Waals surface area contributed by atoms with Crippen molar-refractivity contribution in [3.8, 4) is 0 Å². The Hall–Kier alpha value is -3.61. The number of amidine groups is 3. The zero-order valence-corrected chi connectivity index (χ0v) is 16.0. The number of anilines is 1. The molecule has 0 amide bonds. The Morgan fingerprint density at radius 1 is 0.897 bits per heavy atom. The normalized spacial score (nSPS) is 24.7. The van der Waals surface area contributed by atoms with Crippen molar-refractivity contribution >= 4 is 34.6 Å². The molecule has 0 N–H and O–H groups in total. The summed E-state index contributed by atoms with van der Waals surface area (Å²) in [5.74, 6) is 2.41. The lowest BCUT2D eigenvalue weighted by molar-refractivity contribution is 0.621. The number of nitrogens with zero attached hydrogens (tertiary/aromatic N) is 7. The predicted octanol–water partition coefficient (Wildman–Crippen LogP) is 2.60. The number of hydrazone groups is 1. The van der Waals surface area contributed by atoms with E-state index in [2.05, 4.69) is 17.0 Å². The predicted molar refractivity (Wildman–Crippen MR) is 116 cm³/mol. The number of para-hydroxylation sites is 1. The number of fused-ring (bicyclic) bond motifs is 4. The third-order valence-corrected chi connectivity index (χ3v) is 5.53. The van der Waals surface area contributed by atoms with Gasteiger partial charge in [-0.1, -0.05) is 48.5 Å². The van der Waals surface area contributed by atoms with Crippen LogP contribution >= 0.6 is 0 Å². The van der Waals surface area contributed by atoms with E-state index in [-0.39, 0.29) is 12.2 Å². The van der Waals surface area contributed by atoms with Gasteiger partial charge in [-0.15, -0.1) is 0 Å². The summed E-state index contributed by atoms with van der Waals surface area (Å²) < 4.78 is 0. The molecule has 6 rings (SSSR count). The Morgan fingerprint density at radius 2 is 1.66 bits per heavy atom. The maximum atomic E-state index is 5.03. The van der Waals surface area contributed by atoms with Crippen LogP contribution in [0.2, 0.25) is 0 Å². The lowest BCUT2D eigenvalue weighted by Crippen LogP contribution is -2.50. The lowest BCUT2D eigenvalue weighted by atomic mass is 10.1. The van der Waals surface area contributed by atoms with Crippen molar-refractivity contribution in [1.82, 2.24) is 4.90 Å². The Kier molecular flexibility index (Phi) is 3.50. The van der Waals surface area contributed by atoms with Crippen molar-refractivity contribution in [2.24, 2.45) is 25.1 Å². The van der Waals surface area contributed by atoms with Crippen LogP contribution in [0.5, 0.6) is 0 Å². The van der Waals surface area contributed by atoms with Crippen molar-refractivity contribution in [3.05, 3.63) is 66.2 Å². The smallest absolute Gasteiger partial charge is 0.181 e. The highest BCUT2D eigenvalue weighted by molar-refractivity contribution is 6.71. The fraction of sp³-hybridized carbons (Fsp3) is 0.227. The van der Waals surface area contributed by atoms with Gasteiger partial charge in [0.05, 0.1) is 17.9 Å². The van der Waals surface area contributed by atoms with Gasteiger partial charge in [0.25, 0.3) is 0 Å². The summed E-state index contributed by atoms with van der Waals surface area (Å²) in [6, 6.07) is 20.2. The molecule has 0 fully saturated rings. The minimum atomic E-state index is -0.217. The maximum Gasteiger partial charge on any atom is 0.181 e. The number of hydrogen-bond acceptors (Lipinski definition) is 7. The third-order valence-electron chi connectivity index (χ3n) is 5.53. The zero-order valence-electron chi connectivity index (χ0n) is 16.0. The van der Waals surface area contributed by atoms with Crippen LogP contribution in [0.3, 0.4) is 0 Å². The molecule has 0 saturated carbocycles. The molecule has 2 unspecified atom stereocenters. The molecule has 4 heterocycles. The minimum absolute atomic E-state index is 0.118. The number of hydrogen-bond donors (Lipinski definition) is 0. The summed E-state index contributed by atoms with van der Waals surface area (Å²) in [5.41, 5.74) is 3.81. The van der Waals surface area contributed by atoms with Crippen molar-refractivity contribution in [2.75, 3.05) is 18.1 Å². The standard InChI is InChI=1S/C22H19N7/c1-14-17-22(29(27-14)16-10-6-3-7-11-16)26-19-18(24-17)21-23-12-13-28(21)20(25-19)15-8-4-2-5-9-15/h2-11,17,22H,12-13H2,1H3. The molecule has 4 aliphatic rings. The molecule has 0 saturated heterocycles. The molecule has 2 atom stereocenters. The van der Waals surface area contributed by atoms with Crippen LogP contribution in [0, 0.1) is 0 Å². The van der Waals surface area contributed by atoms with E-state index in [1.165, 1.54) is 0 Å². The fourth-order valence-electron chi connectivity index (χ4n) is 4.16. The van der Waals surface area contributed by atoms with E-state index in [0.717, 1.165) is 47.4 Å². The molecule has 2 aromatic carbocycles. The van der Waals surface area contributed by atoms with Gasteiger partial charge in [-0.25, -0.2) is 15.0 Å². The van der Waals surface area contributed by atoms with Gasteiger partial charge in [-0.3, -0.25) is 9.98 Å². The Balaban J connectivity index is 1.47. The lowest BCUT2D eigenvalue weighted by Gasteiger charge is -2.32. The van der Waals surface area contributed by atoms with Crippen molar-refractivity contribution < 1.29 is 0 Å². The second-order valence-electron chi connectivity index (χ2n) is 7.37. The SMILES string of the molecule is CC1=NN(c2ccccc2)C2N=C3N=C(c4ccccc4)N4CCN=C4C3=NC12. The summed E-state index contributed by atoms with van der Waals surface area (Å²) in [7, 11) is 0. The Morgan fingerprint density at radius 3 is 2.45 bits per heavy atom. The first kappa shape index (κ1) is 16.4. The van der Waals surface area contributed by atoms with Gasteiger partial charge >= 0.3 is 0 Å². The van der Waals surface area contributed by atoms with Gasteiger partial charge in [0.15, 0.2) is 17.8 Å². The molecular formula is C22H19N7. The summed E-state index contributed by atoms with van der Waals surface area (Å²) in [4.78, 5) is 21.9. The monoisotopic (exact) mass is 381 g/mol. The average molecular weight is 381 g/mol. The van der Waals surface area contributed by atoms with Crippen LogP contribution in [-0.2, 0) is 0 Å². The van der Waals surface area contributed by atoms with Gasteiger partial charge in [0, 0.05) is 12.1 Å². The van der Waals surface area contributed by atoms with E-state index in [4.69, 9.17) is 25.1 Å². The number of rotatable bonds is 2. The quantitative estimate of drug-likeness (QED) is 0.802. The van der Waals surface area contributed by atoms with E-state index in [9.17, 15) is 0 Å². The first-order valence-electron chi connectivity index (χ1n) is 9.81. The second-order valence-corrected chi connectivity index (χ2v) is 7.37. The fourth-order valence-corrected chi connectivity index (χ4v) is 4.16. The molecule has 0 aromatic heterocycles. The van der Waals surface area contributed by atoms with Crippen LogP contribution in [0.15, 0.2) is 85.7 Å². The van der Waals surface area contributed by atoms with Gasteiger partial charge in [-0.05, 0) is 19.1 Å². The molecule has 0 spiro atoms. The minimum Gasteiger partial charge on any atom is -0.307 e. The van der Waals surface area contributed by atoms with Crippen LogP contribution < -0.4 is 5.01 Å². The maximum absolute atomic E-state index is 5.03. The summed E-state index contributed by atoms with van der Waals surface area (Å²) >= 11 is 0. The molecule has 4 aliphatic heterocycles. The van der Waals surface area contributed by atoms with Crippen LogP contribution in [0.1, 0.15) is 12.5 Å². The summed E-state index contributed by atoms with van der Waals surface area (Å²) in [6.45, 7) is 3.57. The highest BCUT2D eigenvalue weighted by atomic mass is 15.6. The molecule has 29 heavy (non-hydrogen) atoms. The van der Waals surface area contributed by atoms with Gasteiger partial charge in [-0.2, -0.15) is 5.10 Å². The molecular weight excluding hydrogens is 362 g/mol. The van der Waals surface area contributed by atoms with E-state index in [0.29, 0.717) is 5.84 Å². The molecule has 0 bridgehead atoms. The van der Waals surface area contributed by atoms with E-state index < -0.39 is 0 Å². The zero-order chi connectivity index (χ0) is 19.4. The molecule has 7 nitrogen and oxygen atoms in total.